The zero-order chi connectivity index (χ0) is 51.1. The van der Waals surface area contributed by atoms with Gasteiger partial charge in [0.1, 0.15) is 18.1 Å². The number of likely N-dealkylation sites (N-methyl/N-ethyl adjacent to an activating group) is 1. The van der Waals surface area contributed by atoms with E-state index in [0.717, 1.165) is 91.3 Å². The molecule has 0 spiro atoms. The molecule has 5 aromatic carbocycles. The summed E-state index contributed by atoms with van der Waals surface area (Å²) in [5.41, 5.74) is 16.2. The summed E-state index contributed by atoms with van der Waals surface area (Å²) in [7, 11) is 0. The van der Waals surface area contributed by atoms with Crippen molar-refractivity contribution < 1.29 is 18.8 Å². The summed E-state index contributed by atoms with van der Waals surface area (Å²) in [6.07, 6.45) is 11.1. The average molecular weight is 981 g/mol. The van der Waals surface area contributed by atoms with Crippen LogP contribution >= 0.6 is 11.8 Å². The third-order valence-electron chi connectivity index (χ3n) is 15.4. The Morgan fingerprint density at radius 3 is 1.89 bits per heavy atom. The van der Waals surface area contributed by atoms with Crippen LogP contribution in [0.4, 0.5) is 34.1 Å². The first-order chi connectivity index (χ1) is 34.6. The Balaban J connectivity index is 1.01. The summed E-state index contributed by atoms with van der Waals surface area (Å²) in [5.74, 6) is 3.29. The summed E-state index contributed by atoms with van der Waals surface area (Å²) < 4.78 is 16.1. The molecule has 0 aromatic heterocycles. The summed E-state index contributed by atoms with van der Waals surface area (Å²) >= 11 is 1.54. The first-order valence-electron chi connectivity index (χ1n) is 26.3. The second kappa shape index (κ2) is 20.6. The van der Waals surface area contributed by atoms with Gasteiger partial charge < -0.3 is 24.2 Å². The Labute approximate surface area is 434 Å². The van der Waals surface area contributed by atoms with E-state index in [1.807, 2.05) is 29.2 Å². The number of hydrogen-bond acceptors (Lipinski definition) is 7. The molecule has 8 nitrogen and oxygen atoms in total. The number of allylic oxidation sites excluding steroid dienone is 7. The van der Waals surface area contributed by atoms with Crippen molar-refractivity contribution >= 4 is 57.5 Å². The van der Waals surface area contributed by atoms with Crippen molar-refractivity contribution in [1.29, 1.82) is 0 Å². The first-order valence-corrected chi connectivity index (χ1v) is 27.3. The van der Waals surface area contributed by atoms with Crippen molar-refractivity contribution in [2.45, 2.75) is 112 Å². The number of amides is 1. The molecule has 3 heterocycles. The predicted molar refractivity (Wildman–Crippen MR) is 303 cm³/mol. The van der Waals surface area contributed by atoms with Crippen molar-refractivity contribution in [3.05, 3.63) is 166 Å². The molecule has 0 saturated carbocycles. The number of anilines is 5. The van der Waals surface area contributed by atoms with Gasteiger partial charge in [-0.05, 0) is 172 Å². The van der Waals surface area contributed by atoms with E-state index >= 15 is 0 Å². The highest BCUT2D eigenvalue weighted by molar-refractivity contribution is 8.00. The Hall–Kier alpha value is -6.45. The maximum atomic E-state index is 14.5. The largest absolute Gasteiger partial charge is 0.457 e. The highest BCUT2D eigenvalue weighted by Gasteiger charge is 2.44. The van der Waals surface area contributed by atoms with E-state index in [4.69, 9.17) is 9.47 Å². The smallest absolute Gasteiger partial charge is 0.242 e. The van der Waals surface area contributed by atoms with Crippen molar-refractivity contribution in [2.24, 2.45) is 0 Å². The molecular formula is C63H74N5O3S+. The van der Waals surface area contributed by atoms with E-state index in [2.05, 4.69) is 199 Å². The normalized spacial score (nSPS) is 17.4. The topological polar surface area (TPSA) is 51.5 Å². The lowest BCUT2D eigenvalue weighted by Crippen LogP contribution is -2.31. The molecular weight excluding hydrogens is 907 g/mol. The van der Waals surface area contributed by atoms with Crippen LogP contribution in [0.1, 0.15) is 104 Å². The highest BCUT2D eigenvalue weighted by atomic mass is 32.2. The summed E-state index contributed by atoms with van der Waals surface area (Å²) in [6.45, 7) is 32.2. The molecule has 3 aliphatic heterocycles. The number of thioether (sulfide) groups is 1. The minimum atomic E-state index is -0.144. The lowest BCUT2D eigenvalue weighted by atomic mass is 9.80. The SMILES string of the molecule is CCN(CC)c1ccc2c(c1)Oc1cc(N(CC)CC)ccc1N2C(=O)CSc1ccc(OC2=C(/C=C/C3=[N+](CC)c4ccc(C)cc4C3(C)C)CC/C2=C\C=C2\N(CC)c3ccc(C)cc3C2(C)C)cc1. The number of carbonyl (C=O) groups is 1. The maximum Gasteiger partial charge on any atom is 0.242 e. The number of hydrogen-bond donors (Lipinski definition) is 0. The fraction of sp³-hybridized carbons (Fsp3) is 0.365. The van der Waals surface area contributed by atoms with Crippen molar-refractivity contribution in [1.82, 2.24) is 0 Å². The predicted octanol–water partition coefficient (Wildman–Crippen LogP) is 15.3. The molecule has 72 heavy (non-hydrogen) atoms. The minimum absolute atomic E-state index is 0.0118. The Morgan fingerprint density at radius 2 is 1.29 bits per heavy atom. The summed E-state index contributed by atoms with van der Waals surface area (Å²) in [5, 5.41) is 0. The highest BCUT2D eigenvalue weighted by Crippen LogP contribution is 2.51. The van der Waals surface area contributed by atoms with Crippen LogP contribution in [0, 0.1) is 13.8 Å². The molecule has 0 fully saturated rings. The molecule has 1 amide bonds. The van der Waals surface area contributed by atoms with E-state index in [1.165, 1.54) is 67.9 Å². The molecule has 0 unspecified atom stereocenters. The van der Waals surface area contributed by atoms with Gasteiger partial charge in [-0.2, -0.15) is 4.58 Å². The Morgan fingerprint density at radius 1 is 0.694 bits per heavy atom. The zero-order valence-electron chi connectivity index (χ0n) is 44.8. The Bertz CT molecular complexity index is 3000. The molecule has 0 N–H and O–H groups in total. The zero-order valence-corrected chi connectivity index (χ0v) is 45.6. The quantitative estimate of drug-likeness (QED) is 0.0721. The molecule has 0 bridgehead atoms. The molecule has 9 rings (SSSR count). The van der Waals surface area contributed by atoms with Crippen molar-refractivity contribution in [3.8, 4) is 17.2 Å². The van der Waals surface area contributed by atoms with Gasteiger partial charge in [-0.1, -0.05) is 49.2 Å². The van der Waals surface area contributed by atoms with Crippen LogP contribution in [-0.2, 0) is 15.6 Å². The van der Waals surface area contributed by atoms with E-state index in [9.17, 15) is 4.79 Å². The van der Waals surface area contributed by atoms with Crippen molar-refractivity contribution in [3.63, 3.8) is 0 Å². The first kappa shape index (κ1) is 50.5. The van der Waals surface area contributed by atoms with Gasteiger partial charge in [0.15, 0.2) is 17.2 Å². The van der Waals surface area contributed by atoms with E-state index in [1.54, 1.807) is 0 Å². The molecule has 0 radical (unpaired) electrons. The van der Waals surface area contributed by atoms with Gasteiger partial charge >= 0.3 is 0 Å². The van der Waals surface area contributed by atoms with Gasteiger partial charge in [0.25, 0.3) is 0 Å². The average Bonchev–Trinajstić information content (AvgIpc) is 3.93. The van der Waals surface area contributed by atoms with Crippen LogP contribution in [-0.4, -0.2) is 61.2 Å². The summed E-state index contributed by atoms with van der Waals surface area (Å²) in [6, 6.07) is 34.3. The van der Waals surface area contributed by atoms with E-state index in [-0.39, 0.29) is 22.5 Å². The van der Waals surface area contributed by atoms with Gasteiger partial charge in [-0.3, -0.25) is 9.69 Å². The molecule has 0 saturated heterocycles. The third-order valence-corrected chi connectivity index (χ3v) is 16.4. The third kappa shape index (κ3) is 9.30. The molecule has 9 heteroatoms. The number of nitrogens with zero attached hydrogens (tertiary/aromatic N) is 5. The van der Waals surface area contributed by atoms with Crippen LogP contribution in [0.25, 0.3) is 0 Å². The standard InChI is InChI=1S/C63H74N5O3S/c1-13-64(14-2)46-25-33-54-56(39-46)71-57-40-47(65(15-3)16-4)26-34-55(57)68(54)60(69)41-72-49-29-27-48(28-30-49)70-61-44(23-35-58-62(9,10)50-37-42(7)19-31-52(50)66(58)17-5)21-22-45(61)24-36-59-63(11,12)51-38-43(8)20-32-53(51)67(59)18-6/h19-20,23-40H,13-18,21-22,41H2,1-12H3/q+1. The molecule has 4 aliphatic rings. The van der Waals surface area contributed by atoms with Crippen molar-refractivity contribution in [2.75, 3.05) is 64.6 Å². The van der Waals surface area contributed by atoms with Crippen LogP contribution in [0.3, 0.4) is 0 Å². The number of benzene rings is 5. The number of aryl methyl sites for hydroxylation is 2. The fourth-order valence-corrected chi connectivity index (χ4v) is 12.1. The lowest BCUT2D eigenvalue weighted by molar-refractivity contribution is -0.433. The second-order valence-corrected chi connectivity index (χ2v) is 21.5. The van der Waals surface area contributed by atoms with Crippen LogP contribution < -0.4 is 29.1 Å². The fourth-order valence-electron chi connectivity index (χ4n) is 11.3. The Kier molecular flexibility index (Phi) is 14.4. The summed E-state index contributed by atoms with van der Waals surface area (Å²) in [4.78, 5) is 24.4. The molecule has 1 aliphatic carbocycles. The van der Waals surface area contributed by atoms with Gasteiger partial charge in [0, 0.05) is 95.6 Å². The number of carbonyl (C=O) groups excluding carboxylic acids is 1. The monoisotopic (exact) mass is 981 g/mol. The molecule has 0 atom stereocenters. The van der Waals surface area contributed by atoms with Gasteiger partial charge in [0.2, 0.25) is 11.6 Å². The molecule has 374 valence electrons. The van der Waals surface area contributed by atoms with E-state index < -0.39 is 0 Å². The number of ether oxygens (including phenoxy) is 2. The minimum Gasteiger partial charge on any atom is -0.457 e. The maximum absolute atomic E-state index is 14.5. The van der Waals surface area contributed by atoms with Gasteiger partial charge in [-0.15, -0.1) is 11.8 Å². The second-order valence-electron chi connectivity index (χ2n) is 20.4. The number of rotatable bonds is 16. The molecule has 5 aromatic rings. The van der Waals surface area contributed by atoms with Gasteiger partial charge in [0.05, 0.1) is 22.5 Å². The van der Waals surface area contributed by atoms with Crippen LogP contribution in [0.2, 0.25) is 0 Å². The van der Waals surface area contributed by atoms with E-state index in [0.29, 0.717) is 11.5 Å². The van der Waals surface area contributed by atoms with Gasteiger partial charge in [-0.25, -0.2) is 0 Å². The number of fused-ring (bicyclic) bond motifs is 4. The van der Waals surface area contributed by atoms with Crippen LogP contribution in [0.5, 0.6) is 17.2 Å². The van der Waals surface area contributed by atoms with Crippen LogP contribution in [0.15, 0.2) is 149 Å². The lowest BCUT2D eigenvalue weighted by Gasteiger charge is -2.33.